The zero-order chi connectivity index (χ0) is 11.8. The molecule has 3 aromatic heterocycles. The summed E-state index contributed by atoms with van der Waals surface area (Å²) >= 11 is 4.64. The van der Waals surface area contributed by atoms with Gasteiger partial charge in [0.1, 0.15) is 10.5 Å². The summed E-state index contributed by atoms with van der Waals surface area (Å²) in [6.07, 6.45) is 0. The molecule has 86 valence electrons. The van der Waals surface area contributed by atoms with Crippen LogP contribution in [0.5, 0.6) is 0 Å². The molecule has 3 nitrogen and oxygen atoms in total. The molecule has 0 radical (unpaired) electrons. The Balaban J connectivity index is 2.14. The molecule has 0 aliphatic heterocycles. The van der Waals surface area contributed by atoms with Crippen molar-refractivity contribution >= 4 is 50.6 Å². The van der Waals surface area contributed by atoms with Gasteiger partial charge < -0.3 is 10.1 Å². The maximum atomic E-state index is 11.2. The van der Waals surface area contributed by atoms with Gasteiger partial charge in [0.25, 0.3) is 0 Å². The lowest BCUT2D eigenvalue weighted by Crippen LogP contribution is -1.97. The molecule has 0 saturated carbocycles. The largest absolute Gasteiger partial charge is 0.477 e. The minimum Gasteiger partial charge on any atom is -0.477 e. The molecule has 2 N–H and O–H groups in total. The van der Waals surface area contributed by atoms with Crippen molar-refractivity contribution in [1.29, 1.82) is 0 Å². The summed E-state index contributed by atoms with van der Waals surface area (Å²) in [4.78, 5) is 15.9. The molecular formula is C11H7NO2S3. The van der Waals surface area contributed by atoms with Crippen LogP contribution < -0.4 is 0 Å². The SMILES string of the molecule is O=C(O)c1[nH]c2sccc2c1Sc1cccs1. The van der Waals surface area contributed by atoms with Crippen LogP contribution in [0, 0.1) is 0 Å². The first-order valence-corrected chi connectivity index (χ1v) is 7.37. The molecule has 0 aliphatic carbocycles. The van der Waals surface area contributed by atoms with E-state index in [1.165, 1.54) is 23.1 Å². The zero-order valence-electron chi connectivity index (χ0n) is 8.47. The monoisotopic (exact) mass is 281 g/mol. The van der Waals surface area contributed by atoms with Gasteiger partial charge in [-0.3, -0.25) is 0 Å². The van der Waals surface area contributed by atoms with Gasteiger partial charge in [0.2, 0.25) is 0 Å². The third kappa shape index (κ3) is 1.88. The minimum absolute atomic E-state index is 0.283. The number of thiophene rings is 2. The molecule has 3 rings (SSSR count). The Hall–Kier alpha value is -1.24. The standard InChI is InChI=1S/C11H7NO2S3/c13-11(14)8-9(17-7-2-1-4-15-7)6-3-5-16-10(6)12-8/h1-5,12H,(H,13,14). The van der Waals surface area contributed by atoms with Crippen LogP contribution in [-0.2, 0) is 0 Å². The van der Waals surface area contributed by atoms with Crippen LogP contribution in [0.15, 0.2) is 38.1 Å². The minimum atomic E-state index is -0.910. The molecule has 0 amide bonds. The number of hydrogen-bond acceptors (Lipinski definition) is 4. The lowest BCUT2D eigenvalue weighted by atomic mass is 10.3. The van der Waals surface area contributed by atoms with E-state index < -0.39 is 5.97 Å². The average Bonchev–Trinajstić information content (AvgIpc) is 2.96. The fraction of sp³-hybridized carbons (Fsp3) is 0. The van der Waals surface area contributed by atoms with Crippen LogP contribution >= 0.6 is 34.4 Å². The summed E-state index contributed by atoms with van der Waals surface area (Å²) in [7, 11) is 0. The van der Waals surface area contributed by atoms with E-state index in [4.69, 9.17) is 0 Å². The maximum Gasteiger partial charge on any atom is 0.353 e. The Kier molecular flexibility index (Phi) is 2.70. The predicted octanol–water partition coefficient (Wildman–Crippen LogP) is 4.14. The second-order valence-corrected chi connectivity index (χ2v) is 6.51. The maximum absolute atomic E-state index is 11.2. The van der Waals surface area contributed by atoms with Crippen molar-refractivity contribution in [2.75, 3.05) is 0 Å². The van der Waals surface area contributed by atoms with E-state index in [2.05, 4.69) is 4.98 Å². The predicted molar refractivity (Wildman–Crippen MR) is 71.6 cm³/mol. The number of fused-ring (bicyclic) bond motifs is 1. The fourth-order valence-corrected chi connectivity index (χ4v) is 4.36. The quantitative estimate of drug-likeness (QED) is 0.758. The number of carbonyl (C=O) groups is 1. The topological polar surface area (TPSA) is 53.1 Å². The molecule has 3 aromatic rings. The van der Waals surface area contributed by atoms with E-state index in [1.807, 2.05) is 29.0 Å². The summed E-state index contributed by atoms with van der Waals surface area (Å²) in [5, 5.41) is 14.1. The van der Waals surface area contributed by atoms with Crippen LogP contribution in [0.1, 0.15) is 10.5 Å². The van der Waals surface area contributed by atoms with Gasteiger partial charge in [0.15, 0.2) is 0 Å². The highest BCUT2D eigenvalue weighted by atomic mass is 32.2. The van der Waals surface area contributed by atoms with E-state index in [0.29, 0.717) is 0 Å². The highest BCUT2D eigenvalue weighted by Crippen LogP contribution is 2.40. The van der Waals surface area contributed by atoms with E-state index in [0.717, 1.165) is 19.3 Å². The number of rotatable bonds is 3. The normalized spacial score (nSPS) is 11.1. The van der Waals surface area contributed by atoms with Crippen molar-refractivity contribution in [2.45, 2.75) is 9.10 Å². The molecule has 0 aromatic carbocycles. The van der Waals surface area contributed by atoms with Crippen LogP contribution in [0.4, 0.5) is 0 Å². The van der Waals surface area contributed by atoms with Crippen LogP contribution in [-0.4, -0.2) is 16.1 Å². The third-order valence-corrected chi connectivity index (χ3v) is 5.28. The number of aromatic carboxylic acids is 1. The van der Waals surface area contributed by atoms with Crippen molar-refractivity contribution in [3.05, 3.63) is 34.7 Å². The number of aromatic nitrogens is 1. The number of hydrogen-bond donors (Lipinski definition) is 2. The highest BCUT2D eigenvalue weighted by molar-refractivity contribution is 8.01. The van der Waals surface area contributed by atoms with E-state index >= 15 is 0 Å². The number of nitrogens with one attached hydrogen (secondary N) is 1. The Labute approximate surface area is 109 Å². The molecule has 3 heterocycles. The molecule has 0 spiro atoms. The van der Waals surface area contributed by atoms with E-state index in [9.17, 15) is 9.90 Å². The zero-order valence-corrected chi connectivity index (χ0v) is 10.9. The summed E-state index contributed by atoms with van der Waals surface area (Å²) < 4.78 is 1.10. The van der Waals surface area contributed by atoms with Gasteiger partial charge in [-0.1, -0.05) is 17.8 Å². The van der Waals surface area contributed by atoms with Crippen molar-refractivity contribution in [2.24, 2.45) is 0 Å². The summed E-state index contributed by atoms with van der Waals surface area (Å²) in [6.45, 7) is 0. The second-order valence-electron chi connectivity index (χ2n) is 3.33. The van der Waals surface area contributed by atoms with Crippen LogP contribution in [0.25, 0.3) is 10.2 Å². The summed E-state index contributed by atoms with van der Waals surface area (Å²) in [5.41, 5.74) is 0.283. The Morgan fingerprint density at radius 3 is 2.88 bits per heavy atom. The average molecular weight is 281 g/mol. The Morgan fingerprint density at radius 1 is 1.29 bits per heavy atom. The van der Waals surface area contributed by atoms with Crippen LogP contribution in [0.2, 0.25) is 0 Å². The first-order chi connectivity index (χ1) is 8.25. The summed E-state index contributed by atoms with van der Waals surface area (Å²) in [5.74, 6) is -0.910. The van der Waals surface area contributed by atoms with E-state index in [1.54, 1.807) is 11.3 Å². The Bertz CT molecular complexity index is 666. The van der Waals surface area contributed by atoms with Gasteiger partial charge in [-0.15, -0.1) is 22.7 Å². The van der Waals surface area contributed by atoms with Crippen LogP contribution in [0.3, 0.4) is 0 Å². The second kappa shape index (κ2) is 4.21. The molecule has 6 heteroatoms. The Morgan fingerprint density at radius 2 is 2.18 bits per heavy atom. The molecular weight excluding hydrogens is 274 g/mol. The summed E-state index contributed by atoms with van der Waals surface area (Å²) in [6, 6.07) is 5.91. The number of carboxylic acids is 1. The lowest BCUT2D eigenvalue weighted by Gasteiger charge is -1.97. The van der Waals surface area contributed by atoms with Gasteiger partial charge in [0.05, 0.1) is 9.10 Å². The van der Waals surface area contributed by atoms with E-state index in [-0.39, 0.29) is 5.69 Å². The smallest absolute Gasteiger partial charge is 0.353 e. The number of H-pyrrole nitrogens is 1. The fourth-order valence-electron chi connectivity index (χ4n) is 1.57. The molecule has 0 fully saturated rings. The van der Waals surface area contributed by atoms with Crippen molar-refractivity contribution in [3.8, 4) is 0 Å². The first-order valence-electron chi connectivity index (χ1n) is 4.79. The van der Waals surface area contributed by atoms with Crippen molar-refractivity contribution in [3.63, 3.8) is 0 Å². The highest BCUT2D eigenvalue weighted by Gasteiger charge is 2.18. The van der Waals surface area contributed by atoms with Crippen molar-refractivity contribution < 1.29 is 9.90 Å². The van der Waals surface area contributed by atoms with Gasteiger partial charge in [-0.05, 0) is 22.9 Å². The third-order valence-electron chi connectivity index (χ3n) is 2.29. The van der Waals surface area contributed by atoms with Gasteiger partial charge in [-0.2, -0.15) is 0 Å². The van der Waals surface area contributed by atoms with Gasteiger partial charge in [-0.25, -0.2) is 4.79 Å². The first kappa shape index (κ1) is 10.9. The molecule has 0 aliphatic rings. The molecule has 0 bridgehead atoms. The molecule has 0 unspecified atom stereocenters. The number of aromatic amines is 1. The lowest BCUT2D eigenvalue weighted by molar-refractivity contribution is 0.0688. The van der Waals surface area contributed by atoms with Gasteiger partial charge >= 0.3 is 5.97 Å². The number of carboxylic acid groups (broad SMARTS) is 1. The molecule has 0 atom stereocenters. The molecule has 17 heavy (non-hydrogen) atoms. The van der Waals surface area contributed by atoms with Crippen molar-refractivity contribution in [1.82, 2.24) is 4.98 Å². The molecule has 0 saturated heterocycles. The van der Waals surface area contributed by atoms with Gasteiger partial charge in [0, 0.05) is 5.39 Å².